The lowest BCUT2D eigenvalue weighted by atomic mass is 10.1. The second-order valence-electron chi connectivity index (χ2n) is 3.69. The van der Waals surface area contributed by atoms with Crippen LogP contribution in [0.4, 0.5) is 0 Å². The fraction of sp³-hybridized carbons (Fsp3) is 0.583. The van der Waals surface area contributed by atoms with Crippen molar-refractivity contribution in [3.05, 3.63) is 29.6 Å². The molecule has 0 spiro atoms. The van der Waals surface area contributed by atoms with Gasteiger partial charge in [0, 0.05) is 24.2 Å². The summed E-state index contributed by atoms with van der Waals surface area (Å²) in [4.78, 5) is 4.21. The molecule has 0 aliphatic rings. The van der Waals surface area contributed by atoms with E-state index in [2.05, 4.69) is 36.5 Å². The topological polar surface area (TPSA) is 24.9 Å². The lowest BCUT2D eigenvalue weighted by Crippen LogP contribution is -2.24. The van der Waals surface area contributed by atoms with Gasteiger partial charge in [-0.2, -0.15) is 11.8 Å². The van der Waals surface area contributed by atoms with Gasteiger partial charge in [0.1, 0.15) is 0 Å². The van der Waals surface area contributed by atoms with E-state index in [0.717, 1.165) is 12.3 Å². The largest absolute Gasteiger partial charge is 0.309 e. The third-order valence-corrected chi connectivity index (χ3v) is 3.10. The zero-order chi connectivity index (χ0) is 11.1. The highest BCUT2D eigenvalue weighted by molar-refractivity contribution is 7.98. The summed E-state index contributed by atoms with van der Waals surface area (Å²) in [6, 6.07) is 2.52. The van der Waals surface area contributed by atoms with Gasteiger partial charge < -0.3 is 5.32 Å². The minimum atomic E-state index is 0.439. The number of aryl methyl sites for hydroxylation is 1. The smallest absolute Gasteiger partial charge is 0.0429 e. The molecule has 0 radical (unpaired) electrons. The van der Waals surface area contributed by atoms with Crippen LogP contribution in [0.5, 0.6) is 0 Å². The van der Waals surface area contributed by atoms with Crippen LogP contribution in [0.15, 0.2) is 18.5 Å². The molecule has 0 amide bonds. The molecule has 0 bridgehead atoms. The highest BCUT2D eigenvalue weighted by Crippen LogP contribution is 2.19. The van der Waals surface area contributed by atoms with Gasteiger partial charge in [-0.05, 0) is 43.3 Å². The Morgan fingerprint density at radius 1 is 1.53 bits per heavy atom. The highest BCUT2D eigenvalue weighted by atomic mass is 32.2. The minimum absolute atomic E-state index is 0.439. The summed E-state index contributed by atoms with van der Waals surface area (Å²) in [5.41, 5.74) is 2.66. The van der Waals surface area contributed by atoms with Crippen LogP contribution in [-0.4, -0.2) is 23.5 Å². The molecule has 0 fully saturated rings. The Morgan fingerprint density at radius 2 is 2.33 bits per heavy atom. The maximum Gasteiger partial charge on any atom is 0.0429 e. The fourth-order valence-corrected chi connectivity index (χ4v) is 2.22. The molecule has 3 heteroatoms. The van der Waals surface area contributed by atoms with E-state index in [1.54, 1.807) is 0 Å². The second-order valence-corrected chi connectivity index (χ2v) is 4.60. The van der Waals surface area contributed by atoms with Gasteiger partial charge in [0.2, 0.25) is 0 Å². The average Bonchev–Trinajstić information content (AvgIpc) is 2.25. The van der Waals surface area contributed by atoms with Crippen molar-refractivity contribution in [1.82, 2.24) is 10.3 Å². The summed E-state index contributed by atoms with van der Waals surface area (Å²) in [7, 11) is 0. The Labute approximate surface area is 96.9 Å². The summed E-state index contributed by atoms with van der Waals surface area (Å²) >= 11 is 1.87. The number of nitrogens with zero attached hydrogens (tertiary/aromatic N) is 1. The van der Waals surface area contributed by atoms with Crippen molar-refractivity contribution in [2.24, 2.45) is 0 Å². The van der Waals surface area contributed by atoms with Crippen molar-refractivity contribution in [2.75, 3.05) is 18.6 Å². The molecule has 1 rings (SSSR count). The highest BCUT2D eigenvalue weighted by Gasteiger charge is 2.11. The van der Waals surface area contributed by atoms with E-state index in [-0.39, 0.29) is 0 Å². The summed E-state index contributed by atoms with van der Waals surface area (Å²) in [5.74, 6) is 1.10. The van der Waals surface area contributed by atoms with Crippen LogP contribution in [0.1, 0.15) is 30.5 Å². The Kier molecular flexibility index (Phi) is 5.73. The van der Waals surface area contributed by atoms with Gasteiger partial charge >= 0.3 is 0 Å². The molecule has 0 saturated heterocycles. The van der Waals surface area contributed by atoms with Gasteiger partial charge in [0.25, 0.3) is 0 Å². The number of thioether (sulfide) groups is 1. The van der Waals surface area contributed by atoms with Crippen molar-refractivity contribution >= 4 is 11.8 Å². The standard InChI is InChI=1S/C12H20N2S/c1-4-6-14-12(9-15-3)11-8-13-7-5-10(11)2/h5,7-8,12,14H,4,6,9H2,1-3H3. The van der Waals surface area contributed by atoms with Crippen molar-refractivity contribution in [3.63, 3.8) is 0 Å². The third-order valence-electron chi connectivity index (χ3n) is 2.43. The van der Waals surface area contributed by atoms with Crippen LogP contribution in [-0.2, 0) is 0 Å². The van der Waals surface area contributed by atoms with Crippen LogP contribution in [0.25, 0.3) is 0 Å². The molecule has 0 aliphatic carbocycles. The van der Waals surface area contributed by atoms with E-state index < -0.39 is 0 Å². The van der Waals surface area contributed by atoms with Gasteiger partial charge in [-0.1, -0.05) is 6.92 Å². The van der Waals surface area contributed by atoms with Gasteiger partial charge in [-0.3, -0.25) is 4.98 Å². The maximum absolute atomic E-state index is 4.21. The predicted molar refractivity (Wildman–Crippen MR) is 68.4 cm³/mol. The Balaban J connectivity index is 2.74. The molecule has 84 valence electrons. The first-order valence-electron chi connectivity index (χ1n) is 5.42. The summed E-state index contributed by atoms with van der Waals surface area (Å²) in [6.45, 7) is 5.41. The van der Waals surface area contributed by atoms with Gasteiger partial charge in [-0.15, -0.1) is 0 Å². The zero-order valence-corrected chi connectivity index (χ0v) is 10.6. The molecule has 15 heavy (non-hydrogen) atoms. The van der Waals surface area contributed by atoms with Crippen LogP contribution in [0.3, 0.4) is 0 Å². The van der Waals surface area contributed by atoms with Gasteiger partial charge in [-0.25, -0.2) is 0 Å². The molecular formula is C12H20N2S. The van der Waals surface area contributed by atoms with Crippen LogP contribution in [0, 0.1) is 6.92 Å². The van der Waals surface area contributed by atoms with E-state index in [9.17, 15) is 0 Å². The van der Waals surface area contributed by atoms with E-state index in [0.29, 0.717) is 6.04 Å². The van der Waals surface area contributed by atoms with Crippen molar-refractivity contribution in [2.45, 2.75) is 26.3 Å². The molecule has 0 aromatic carbocycles. The van der Waals surface area contributed by atoms with Gasteiger partial charge in [0.15, 0.2) is 0 Å². The minimum Gasteiger partial charge on any atom is -0.309 e. The van der Waals surface area contributed by atoms with E-state index in [1.807, 2.05) is 24.2 Å². The quantitative estimate of drug-likeness (QED) is 0.804. The lowest BCUT2D eigenvalue weighted by molar-refractivity contribution is 0.574. The first-order valence-corrected chi connectivity index (χ1v) is 6.81. The molecule has 1 aromatic heterocycles. The normalized spacial score (nSPS) is 12.7. The summed E-state index contributed by atoms with van der Waals surface area (Å²) in [5, 5.41) is 3.57. The van der Waals surface area contributed by atoms with E-state index in [1.165, 1.54) is 17.5 Å². The van der Waals surface area contributed by atoms with Crippen molar-refractivity contribution in [3.8, 4) is 0 Å². The lowest BCUT2D eigenvalue weighted by Gasteiger charge is -2.19. The molecule has 1 heterocycles. The number of aromatic nitrogens is 1. The Bertz CT molecular complexity index is 289. The van der Waals surface area contributed by atoms with E-state index in [4.69, 9.17) is 0 Å². The molecule has 2 nitrogen and oxygen atoms in total. The third kappa shape index (κ3) is 3.84. The SMILES string of the molecule is CCCNC(CSC)c1cnccc1C. The number of hydrogen-bond donors (Lipinski definition) is 1. The Hall–Kier alpha value is -0.540. The first-order chi connectivity index (χ1) is 7.29. The molecule has 0 saturated carbocycles. The molecule has 1 atom stereocenters. The average molecular weight is 224 g/mol. The van der Waals surface area contributed by atoms with Gasteiger partial charge in [0.05, 0.1) is 0 Å². The first kappa shape index (κ1) is 12.5. The summed E-state index contributed by atoms with van der Waals surface area (Å²) < 4.78 is 0. The molecule has 0 aliphatic heterocycles. The molecular weight excluding hydrogens is 204 g/mol. The zero-order valence-electron chi connectivity index (χ0n) is 9.79. The number of hydrogen-bond acceptors (Lipinski definition) is 3. The van der Waals surface area contributed by atoms with E-state index >= 15 is 0 Å². The maximum atomic E-state index is 4.21. The molecule has 1 aromatic rings. The molecule has 1 N–H and O–H groups in total. The van der Waals surface area contributed by atoms with Crippen molar-refractivity contribution < 1.29 is 0 Å². The Morgan fingerprint density at radius 3 is 2.93 bits per heavy atom. The second kappa shape index (κ2) is 6.85. The van der Waals surface area contributed by atoms with Crippen LogP contribution in [0.2, 0.25) is 0 Å². The number of pyridine rings is 1. The van der Waals surface area contributed by atoms with Crippen LogP contribution < -0.4 is 5.32 Å². The molecule has 1 unspecified atom stereocenters. The number of rotatable bonds is 6. The van der Waals surface area contributed by atoms with Crippen molar-refractivity contribution in [1.29, 1.82) is 0 Å². The fourth-order valence-electron chi connectivity index (χ4n) is 1.58. The number of nitrogens with one attached hydrogen (secondary N) is 1. The summed E-state index contributed by atoms with van der Waals surface area (Å²) in [6.07, 6.45) is 7.16. The predicted octanol–water partition coefficient (Wildman–Crippen LogP) is 2.79. The monoisotopic (exact) mass is 224 g/mol. The van der Waals surface area contributed by atoms with Crippen LogP contribution >= 0.6 is 11.8 Å².